The molecule has 0 fully saturated rings. The number of alkyl halides is 3. The number of hydrogen-bond donors (Lipinski definition) is 1. The third-order valence-corrected chi connectivity index (χ3v) is 2.73. The van der Waals surface area contributed by atoms with Crippen molar-refractivity contribution in [2.24, 2.45) is 5.92 Å². The minimum Gasteiger partial charge on any atom is -0.387 e. The highest BCUT2D eigenvalue weighted by Crippen LogP contribution is 2.37. The number of aliphatic hydroxyl groups is 1. The van der Waals surface area contributed by atoms with Gasteiger partial charge < -0.3 is 5.11 Å². The molecule has 5 heteroatoms. The molecule has 0 aliphatic carbocycles. The third-order valence-electron chi connectivity index (χ3n) is 2.73. The normalized spacial score (nSPS) is 14.9. The van der Waals surface area contributed by atoms with Crippen molar-refractivity contribution in [1.29, 1.82) is 5.26 Å². The van der Waals surface area contributed by atoms with Crippen LogP contribution in [0.3, 0.4) is 0 Å². The summed E-state index contributed by atoms with van der Waals surface area (Å²) in [5.41, 5.74) is -1.11. The van der Waals surface area contributed by atoms with E-state index in [0.29, 0.717) is 12.8 Å². The van der Waals surface area contributed by atoms with Gasteiger partial charge in [-0.1, -0.05) is 31.5 Å². The van der Waals surface area contributed by atoms with E-state index in [2.05, 4.69) is 0 Å². The van der Waals surface area contributed by atoms with Crippen LogP contribution in [0.15, 0.2) is 24.3 Å². The zero-order valence-corrected chi connectivity index (χ0v) is 9.91. The first-order valence-electron chi connectivity index (χ1n) is 5.65. The summed E-state index contributed by atoms with van der Waals surface area (Å²) >= 11 is 0. The third kappa shape index (κ3) is 3.23. The van der Waals surface area contributed by atoms with E-state index >= 15 is 0 Å². The highest BCUT2D eigenvalue weighted by molar-refractivity contribution is 5.32. The van der Waals surface area contributed by atoms with Crippen molar-refractivity contribution in [2.75, 3.05) is 0 Å². The molecule has 18 heavy (non-hydrogen) atoms. The van der Waals surface area contributed by atoms with Crippen molar-refractivity contribution < 1.29 is 18.3 Å². The average Bonchev–Trinajstić information content (AvgIpc) is 2.34. The van der Waals surface area contributed by atoms with Gasteiger partial charge in [-0.25, -0.2) is 0 Å². The number of nitriles is 1. The van der Waals surface area contributed by atoms with Crippen molar-refractivity contribution in [2.45, 2.75) is 32.0 Å². The molecule has 0 amide bonds. The highest BCUT2D eigenvalue weighted by atomic mass is 19.4. The average molecular weight is 257 g/mol. The number of benzene rings is 1. The van der Waals surface area contributed by atoms with Crippen LogP contribution >= 0.6 is 0 Å². The van der Waals surface area contributed by atoms with E-state index in [4.69, 9.17) is 5.26 Å². The lowest BCUT2D eigenvalue weighted by Crippen LogP contribution is -2.17. The van der Waals surface area contributed by atoms with Gasteiger partial charge in [0.15, 0.2) is 0 Å². The Bertz CT molecular complexity index is 437. The molecule has 0 aliphatic heterocycles. The maximum Gasteiger partial charge on any atom is 0.416 e. The Kier molecular flexibility index (Phi) is 4.74. The van der Waals surface area contributed by atoms with E-state index in [9.17, 15) is 18.3 Å². The molecule has 2 atom stereocenters. The largest absolute Gasteiger partial charge is 0.416 e. The van der Waals surface area contributed by atoms with Crippen molar-refractivity contribution in [3.63, 3.8) is 0 Å². The van der Waals surface area contributed by atoms with Crippen LogP contribution < -0.4 is 0 Å². The zero-order valence-electron chi connectivity index (χ0n) is 9.91. The van der Waals surface area contributed by atoms with Gasteiger partial charge in [-0.15, -0.1) is 0 Å². The molecular formula is C13H14F3NO. The molecule has 1 rings (SSSR count). The Morgan fingerprint density at radius 3 is 2.44 bits per heavy atom. The number of aliphatic hydroxyl groups excluding tert-OH is 1. The fourth-order valence-corrected chi connectivity index (χ4v) is 1.83. The Balaban J connectivity index is 3.13. The summed E-state index contributed by atoms with van der Waals surface area (Å²) in [6.45, 7) is 1.81. The monoisotopic (exact) mass is 257 g/mol. The second kappa shape index (κ2) is 5.87. The summed E-state index contributed by atoms with van der Waals surface area (Å²) in [6, 6.07) is 6.68. The van der Waals surface area contributed by atoms with Gasteiger partial charge in [0.2, 0.25) is 0 Å². The molecule has 0 bridgehead atoms. The first-order chi connectivity index (χ1) is 8.41. The summed E-state index contributed by atoms with van der Waals surface area (Å²) in [5.74, 6) is -0.821. The molecule has 2 nitrogen and oxygen atoms in total. The first-order valence-corrected chi connectivity index (χ1v) is 5.65. The van der Waals surface area contributed by atoms with Crippen LogP contribution in [0, 0.1) is 17.2 Å². The molecule has 0 spiro atoms. The lowest BCUT2D eigenvalue weighted by molar-refractivity contribution is -0.139. The predicted octanol–water partition coefficient (Wildman–Crippen LogP) is 3.68. The van der Waals surface area contributed by atoms with Crippen LogP contribution in [0.25, 0.3) is 0 Å². The Hall–Kier alpha value is -1.54. The van der Waals surface area contributed by atoms with E-state index in [0.717, 1.165) is 6.07 Å². The zero-order chi connectivity index (χ0) is 13.8. The van der Waals surface area contributed by atoms with Gasteiger partial charge in [-0.2, -0.15) is 18.4 Å². The lowest BCUT2D eigenvalue weighted by atomic mass is 9.90. The van der Waals surface area contributed by atoms with E-state index < -0.39 is 23.8 Å². The Morgan fingerprint density at radius 1 is 1.33 bits per heavy atom. The molecule has 1 aromatic carbocycles. The molecule has 98 valence electrons. The maximum absolute atomic E-state index is 12.8. The van der Waals surface area contributed by atoms with Gasteiger partial charge in [0.1, 0.15) is 0 Å². The van der Waals surface area contributed by atoms with E-state index in [1.807, 2.05) is 13.0 Å². The first kappa shape index (κ1) is 14.5. The number of rotatable bonds is 4. The van der Waals surface area contributed by atoms with Crippen molar-refractivity contribution in [1.82, 2.24) is 0 Å². The van der Waals surface area contributed by atoms with Crippen LogP contribution in [0.1, 0.15) is 37.0 Å². The summed E-state index contributed by atoms with van der Waals surface area (Å²) < 4.78 is 38.3. The quantitative estimate of drug-likeness (QED) is 0.894. The molecule has 0 heterocycles. The summed E-state index contributed by atoms with van der Waals surface area (Å²) in [6.07, 6.45) is -4.94. The van der Waals surface area contributed by atoms with E-state index in [-0.39, 0.29) is 5.56 Å². The van der Waals surface area contributed by atoms with Crippen molar-refractivity contribution in [3.05, 3.63) is 35.4 Å². The smallest absolute Gasteiger partial charge is 0.387 e. The molecule has 1 aromatic rings. The second-order valence-corrected chi connectivity index (χ2v) is 4.05. The van der Waals surface area contributed by atoms with Gasteiger partial charge in [0.25, 0.3) is 0 Å². The second-order valence-electron chi connectivity index (χ2n) is 4.05. The predicted molar refractivity (Wildman–Crippen MR) is 60.4 cm³/mol. The Labute approximate surface area is 104 Å². The summed E-state index contributed by atoms with van der Waals surface area (Å²) in [4.78, 5) is 0. The SMILES string of the molecule is CCCC(C#N)C(O)c1ccccc1C(F)(F)F. The van der Waals surface area contributed by atoms with Crippen molar-refractivity contribution in [3.8, 4) is 6.07 Å². The van der Waals surface area contributed by atoms with Crippen LogP contribution in [0.2, 0.25) is 0 Å². The number of nitrogens with zero attached hydrogens (tertiary/aromatic N) is 1. The Morgan fingerprint density at radius 2 is 1.94 bits per heavy atom. The molecule has 0 saturated carbocycles. The van der Waals surface area contributed by atoms with Gasteiger partial charge in [-0.05, 0) is 18.1 Å². The minimum absolute atomic E-state index is 0.231. The highest BCUT2D eigenvalue weighted by Gasteiger charge is 2.36. The fraction of sp³-hybridized carbons (Fsp3) is 0.462. The molecular weight excluding hydrogens is 243 g/mol. The molecule has 2 unspecified atom stereocenters. The standard InChI is InChI=1S/C13H14F3NO/c1-2-5-9(8-17)12(18)10-6-3-4-7-11(10)13(14,15)16/h3-4,6-7,9,12,18H,2,5H2,1H3. The van der Waals surface area contributed by atoms with Crippen LogP contribution in [-0.4, -0.2) is 5.11 Å². The van der Waals surface area contributed by atoms with Crippen molar-refractivity contribution >= 4 is 0 Å². The summed E-state index contributed by atoms with van der Waals surface area (Å²) in [7, 11) is 0. The van der Waals surface area contributed by atoms with Gasteiger partial charge in [0, 0.05) is 0 Å². The number of halogens is 3. The van der Waals surface area contributed by atoms with Crippen LogP contribution in [0.5, 0.6) is 0 Å². The van der Waals surface area contributed by atoms with Gasteiger partial charge in [0.05, 0.1) is 23.7 Å². The molecule has 0 saturated heterocycles. The van der Waals surface area contributed by atoms with Gasteiger partial charge >= 0.3 is 6.18 Å². The van der Waals surface area contributed by atoms with Crippen LogP contribution in [-0.2, 0) is 6.18 Å². The molecule has 0 aliphatic rings. The van der Waals surface area contributed by atoms with E-state index in [1.165, 1.54) is 18.2 Å². The fourth-order valence-electron chi connectivity index (χ4n) is 1.83. The molecule has 1 N–H and O–H groups in total. The van der Waals surface area contributed by atoms with Gasteiger partial charge in [-0.3, -0.25) is 0 Å². The topological polar surface area (TPSA) is 44.0 Å². The molecule has 0 aromatic heterocycles. The lowest BCUT2D eigenvalue weighted by Gasteiger charge is -2.20. The minimum atomic E-state index is -4.52. The summed E-state index contributed by atoms with van der Waals surface area (Å²) in [5, 5.41) is 18.8. The number of hydrogen-bond acceptors (Lipinski definition) is 2. The van der Waals surface area contributed by atoms with E-state index in [1.54, 1.807) is 0 Å². The maximum atomic E-state index is 12.8. The molecule has 0 radical (unpaired) electrons. The van der Waals surface area contributed by atoms with Crippen LogP contribution in [0.4, 0.5) is 13.2 Å².